The molecule has 0 aromatic heterocycles. The second kappa shape index (κ2) is 6.99. The van der Waals surface area contributed by atoms with Crippen LogP contribution >= 0.6 is 0 Å². The van der Waals surface area contributed by atoms with E-state index in [-0.39, 0.29) is 5.78 Å². The molecule has 0 atom stereocenters. The predicted octanol–water partition coefficient (Wildman–Crippen LogP) is 3.99. The Balaban J connectivity index is 0.000000921. The fourth-order valence-corrected chi connectivity index (χ4v) is 1.18. The molecule has 0 bridgehead atoms. The number of carbonyl (C=O) groups excluding carboxylic acids is 1. The van der Waals surface area contributed by atoms with Gasteiger partial charge in [0, 0.05) is 5.57 Å². The fourth-order valence-electron chi connectivity index (χ4n) is 1.18. The Kier molecular flexibility index (Phi) is 6.35. The molecule has 1 heteroatoms. The van der Waals surface area contributed by atoms with E-state index < -0.39 is 0 Å². The lowest BCUT2D eigenvalue weighted by molar-refractivity contribution is -0.113. The molecule has 1 aliphatic carbocycles. The van der Waals surface area contributed by atoms with Gasteiger partial charge in [0.15, 0.2) is 5.78 Å². The smallest absolute Gasteiger partial charge is 0.159 e. The van der Waals surface area contributed by atoms with Gasteiger partial charge in [0.05, 0.1) is 0 Å². The zero-order chi connectivity index (χ0) is 11.8. The quantitative estimate of drug-likeness (QED) is 0.664. The summed E-state index contributed by atoms with van der Waals surface area (Å²) >= 11 is 0. The van der Waals surface area contributed by atoms with Crippen LogP contribution in [-0.2, 0) is 4.79 Å². The number of allylic oxidation sites excluding steroid dienone is 7. The molecule has 1 nitrogen and oxygen atoms in total. The molecular formula is C14H20O. The first-order valence-electron chi connectivity index (χ1n) is 5.35. The van der Waals surface area contributed by atoms with Crippen molar-refractivity contribution in [2.75, 3.05) is 0 Å². The largest absolute Gasteiger partial charge is 0.295 e. The summed E-state index contributed by atoms with van der Waals surface area (Å²) in [5, 5.41) is 0. The first kappa shape index (κ1) is 13.6. The molecule has 82 valence electrons. The van der Waals surface area contributed by atoms with Crippen LogP contribution in [0.2, 0.25) is 0 Å². The van der Waals surface area contributed by atoms with Crippen molar-refractivity contribution < 1.29 is 4.79 Å². The Bertz CT molecular complexity index is 327. The number of Topliss-reactive ketones (excluding diaryl/α,β-unsaturated/α-hetero) is 1. The highest BCUT2D eigenvalue weighted by Gasteiger charge is 2.02. The zero-order valence-electron chi connectivity index (χ0n) is 10.1. The van der Waals surface area contributed by atoms with Gasteiger partial charge in [0.1, 0.15) is 0 Å². The van der Waals surface area contributed by atoms with Crippen LogP contribution in [0.25, 0.3) is 0 Å². The highest BCUT2D eigenvalue weighted by molar-refractivity contribution is 5.96. The monoisotopic (exact) mass is 204 g/mol. The van der Waals surface area contributed by atoms with E-state index in [2.05, 4.69) is 6.58 Å². The van der Waals surface area contributed by atoms with Gasteiger partial charge in [-0.3, -0.25) is 4.79 Å². The van der Waals surface area contributed by atoms with Gasteiger partial charge in [-0.05, 0) is 25.8 Å². The number of rotatable bonds is 2. The van der Waals surface area contributed by atoms with Crippen LogP contribution in [0.15, 0.2) is 47.6 Å². The van der Waals surface area contributed by atoms with Gasteiger partial charge >= 0.3 is 0 Å². The number of hydrogen-bond donors (Lipinski definition) is 0. The van der Waals surface area contributed by atoms with Crippen molar-refractivity contribution in [3.8, 4) is 0 Å². The van der Waals surface area contributed by atoms with Gasteiger partial charge in [-0.2, -0.15) is 0 Å². The molecule has 0 aliphatic heterocycles. The standard InChI is InChI=1S/C12H14O.C2H6/c1-9(2)11-5-4-6-12(8-7-11)10(3)13;1-2/h4,6-8H,1,5H2,2-3H3;1-2H3. The molecule has 1 rings (SSSR count). The van der Waals surface area contributed by atoms with E-state index in [1.165, 1.54) is 5.57 Å². The summed E-state index contributed by atoms with van der Waals surface area (Å²) in [7, 11) is 0. The van der Waals surface area contributed by atoms with Crippen molar-refractivity contribution in [2.24, 2.45) is 0 Å². The third-order valence-corrected chi connectivity index (χ3v) is 2.05. The van der Waals surface area contributed by atoms with E-state index >= 15 is 0 Å². The fraction of sp³-hybridized carbons (Fsp3) is 0.357. The van der Waals surface area contributed by atoms with E-state index in [9.17, 15) is 4.79 Å². The van der Waals surface area contributed by atoms with Crippen molar-refractivity contribution >= 4 is 5.78 Å². The van der Waals surface area contributed by atoms with Gasteiger partial charge in [-0.15, -0.1) is 0 Å². The molecule has 15 heavy (non-hydrogen) atoms. The average molecular weight is 204 g/mol. The van der Waals surface area contributed by atoms with Crippen molar-refractivity contribution in [1.29, 1.82) is 0 Å². The van der Waals surface area contributed by atoms with Gasteiger partial charge in [-0.1, -0.05) is 50.3 Å². The summed E-state index contributed by atoms with van der Waals surface area (Å²) in [6, 6.07) is 0. The molecule has 0 radical (unpaired) electrons. The maximum Gasteiger partial charge on any atom is 0.159 e. The van der Waals surface area contributed by atoms with Crippen LogP contribution in [0.4, 0.5) is 0 Å². The Labute approximate surface area is 92.9 Å². The molecule has 0 N–H and O–H groups in total. The second-order valence-corrected chi connectivity index (χ2v) is 3.26. The highest BCUT2D eigenvalue weighted by Crippen LogP contribution is 2.17. The summed E-state index contributed by atoms with van der Waals surface area (Å²) in [4.78, 5) is 11.1. The van der Waals surface area contributed by atoms with E-state index in [1.807, 2.05) is 45.1 Å². The third-order valence-electron chi connectivity index (χ3n) is 2.05. The second-order valence-electron chi connectivity index (χ2n) is 3.26. The SMILES string of the molecule is C=C(C)C1=CC=C(C(C)=O)C=CC1.CC. The summed E-state index contributed by atoms with van der Waals surface area (Å²) in [6.07, 6.45) is 8.56. The number of hydrogen-bond acceptors (Lipinski definition) is 1. The summed E-state index contributed by atoms with van der Waals surface area (Å²) in [5.41, 5.74) is 3.01. The Morgan fingerprint density at radius 3 is 2.33 bits per heavy atom. The number of ketones is 1. The summed E-state index contributed by atoms with van der Waals surface area (Å²) in [5.74, 6) is 0.107. The predicted molar refractivity (Wildman–Crippen MR) is 66.8 cm³/mol. The Morgan fingerprint density at radius 2 is 1.87 bits per heavy atom. The lowest BCUT2D eigenvalue weighted by atomic mass is 10.1. The van der Waals surface area contributed by atoms with Crippen molar-refractivity contribution in [3.63, 3.8) is 0 Å². The maximum atomic E-state index is 11.1. The maximum absolute atomic E-state index is 11.1. The molecule has 0 aromatic carbocycles. The molecule has 0 fully saturated rings. The molecule has 0 unspecified atom stereocenters. The topological polar surface area (TPSA) is 17.1 Å². The molecule has 1 aliphatic rings. The molecule has 0 aromatic rings. The Hall–Kier alpha value is -1.37. The van der Waals surface area contributed by atoms with Crippen LogP contribution in [0.5, 0.6) is 0 Å². The van der Waals surface area contributed by atoms with E-state index in [0.717, 1.165) is 17.6 Å². The first-order chi connectivity index (χ1) is 7.11. The van der Waals surface area contributed by atoms with Crippen molar-refractivity contribution in [1.82, 2.24) is 0 Å². The highest BCUT2D eigenvalue weighted by atomic mass is 16.1. The normalized spacial score (nSPS) is 14.1. The third kappa shape index (κ3) is 4.59. The van der Waals surface area contributed by atoms with Crippen LogP contribution in [0.3, 0.4) is 0 Å². The lowest BCUT2D eigenvalue weighted by Crippen LogP contribution is -1.91. The van der Waals surface area contributed by atoms with Crippen LogP contribution in [0, 0.1) is 0 Å². The van der Waals surface area contributed by atoms with Gasteiger partial charge in [0.25, 0.3) is 0 Å². The van der Waals surface area contributed by atoms with E-state index in [1.54, 1.807) is 6.92 Å². The van der Waals surface area contributed by atoms with Crippen LogP contribution in [0.1, 0.15) is 34.1 Å². The van der Waals surface area contributed by atoms with Gasteiger partial charge < -0.3 is 0 Å². The summed E-state index contributed by atoms with van der Waals surface area (Å²) < 4.78 is 0. The average Bonchev–Trinajstić information content (AvgIpc) is 2.45. The molecule has 0 saturated heterocycles. The van der Waals surface area contributed by atoms with Crippen molar-refractivity contribution in [3.05, 3.63) is 47.6 Å². The number of carbonyl (C=O) groups is 1. The zero-order valence-corrected chi connectivity index (χ0v) is 10.1. The minimum Gasteiger partial charge on any atom is -0.295 e. The van der Waals surface area contributed by atoms with Gasteiger partial charge in [0.2, 0.25) is 0 Å². The summed E-state index contributed by atoms with van der Waals surface area (Å²) in [6.45, 7) is 11.4. The molecular weight excluding hydrogens is 184 g/mol. The van der Waals surface area contributed by atoms with Crippen molar-refractivity contribution in [2.45, 2.75) is 34.1 Å². The van der Waals surface area contributed by atoms with Gasteiger partial charge in [-0.25, -0.2) is 0 Å². The Morgan fingerprint density at radius 1 is 1.27 bits per heavy atom. The molecule has 0 heterocycles. The molecule has 0 spiro atoms. The van der Waals surface area contributed by atoms with Crippen LogP contribution in [-0.4, -0.2) is 5.78 Å². The minimum absolute atomic E-state index is 0.107. The molecule has 0 saturated carbocycles. The van der Waals surface area contributed by atoms with E-state index in [0.29, 0.717) is 0 Å². The first-order valence-corrected chi connectivity index (χ1v) is 5.35. The van der Waals surface area contributed by atoms with E-state index in [4.69, 9.17) is 0 Å². The molecule has 0 amide bonds. The lowest BCUT2D eigenvalue weighted by Gasteiger charge is -1.99. The minimum atomic E-state index is 0.107. The van der Waals surface area contributed by atoms with Crippen LogP contribution < -0.4 is 0 Å².